The summed E-state index contributed by atoms with van der Waals surface area (Å²) in [5.74, 6) is 0.671. The van der Waals surface area contributed by atoms with Gasteiger partial charge in [-0.2, -0.15) is 0 Å². The fourth-order valence-electron chi connectivity index (χ4n) is 2.05. The van der Waals surface area contributed by atoms with Crippen LogP contribution in [-0.2, 0) is 4.74 Å². The standard InChI is InChI=1S/C17H21NO/c1-17(2,3)14-10-11-16(19-4)18-15(12-14)13-8-6-5-7-9-13/h5-12,15H,1-4H3. The van der Waals surface area contributed by atoms with E-state index < -0.39 is 0 Å². The van der Waals surface area contributed by atoms with Gasteiger partial charge in [0.15, 0.2) is 0 Å². The molecule has 0 aromatic heterocycles. The van der Waals surface area contributed by atoms with Gasteiger partial charge in [0.1, 0.15) is 0 Å². The molecule has 2 rings (SSSR count). The van der Waals surface area contributed by atoms with Crippen molar-refractivity contribution in [1.82, 2.24) is 0 Å². The van der Waals surface area contributed by atoms with Gasteiger partial charge >= 0.3 is 0 Å². The molecule has 19 heavy (non-hydrogen) atoms. The Morgan fingerprint density at radius 1 is 1.05 bits per heavy atom. The second kappa shape index (κ2) is 5.43. The van der Waals surface area contributed by atoms with Crippen LogP contribution in [0.15, 0.2) is 59.1 Å². The van der Waals surface area contributed by atoms with Gasteiger partial charge in [-0.05, 0) is 16.6 Å². The molecule has 0 saturated heterocycles. The quantitative estimate of drug-likeness (QED) is 0.732. The first-order valence-electron chi connectivity index (χ1n) is 6.58. The third-order valence-corrected chi connectivity index (χ3v) is 3.23. The molecule has 1 aliphatic rings. The van der Waals surface area contributed by atoms with E-state index in [0.29, 0.717) is 5.90 Å². The molecule has 0 bridgehead atoms. The Hall–Kier alpha value is -1.83. The van der Waals surface area contributed by atoms with Crippen LogP contribution in [0.4, 0.5) is 0 Å². The van der Waals surface area contributed by atoms with Crippen LogP contribution in [0.1, 0.15) is 32.4 Å². The molecule has 1 aliphatic heterocycles. The minimum atomic E-state index is 0.0142. The molecule has 0 radical (unpaired) electrons. The van der Waals surface area contributed by atoms with Gasteiger partial charge in [-0.25, -0.2) is 4.99 Å². The van der Waals surface area contributed by atoms with Crippen molar-refractivity contribution in [1.29, 1.82) is 0 Å². The van der Waals surface area contributed by atoms with Crippen molar-refractivity contribution in [2.24, 2.45) is 10.4 Å². The van der Waals surface area contributed by atoms with Gasteiger partial charge in [-0.1, -0.05) is 63.3 Å². The van der Waals surface area contributed by atoms with Crippen LogP contribution in [0.5, 0.6) is 0 Å². The van der Waals surface area contributed by atoms with Crippen molar-refractivity contribution in [2.75, 3.05) is 7.11 Å². The van der Waals surface area contributed by atoms with Crippen LogP contribution in [0, 0.1) is 5.41 Å². The molecule has 100 valence electrons. The summed E-state index contributed by atoms with van der Waals surface area (Å²) in [6.07, 6.45) is 6.27. The molecule has 1 atom stereocenters. The third-order valence-electron chi connectivity index (χ3n) is 3.23. The first kappa shape index (κ1) is 13.6. The predicted molar refractivity (Wildman–Crippen MR) is 80.3 cm³/mol. The number of allylic oxidation sites excluding steroid dienone is 2. The van der Waals surface area contributed by atoms with E-state index in [2.05, 4.69) is 50.0 Å². The molecule has 1 aromatic carbocycles. The van der Waals surface area contributed by atoms with Gasteiger partial charge in [0, 0.05) is 6.08 Å². The predicted octanol–water partition coefficient (Wildman–Crippen LogP) is 4.31. The van der Waals surface area contributed by atoms with Gasteiger partial charge in [0.2, 0.25) is 5.90 Å². The molecule has 0 saturated carbocycles. The summed E-state index contributed by atoms with van der Waals surface area (Å²) in [5, 5.41) is 0. The van der Waals surface area contributed by atoms with E-state index in [1.807, 2.05) is 24.3 Å². The van der Waals surface area contributed by atoms with Crippen LogP contribution < -0.4 is 0 Å². The van der Waals surface area contributed by atoms with Crippen molar-refractivity contribution in [2.45, 2.75) is 26.8 Å². The molecule has 2 nitrogen and oxygen atoms in total. The highest BCUT2D eigenvalue weighted by atomic mass is 16.5. The fourth-order valence-corrected chi connectivity index (χ4v) is 2.05. The van der Waals surface area contributed by atoms with E-state index in [9.17, 15) is 0 Å². The van der Waals surface area contributed by atoms with Crippen LogP contribution in [-0.4, -0.2) is 13.0 Å². The van der Waals surface area contributed by atoms with E-state index in [1.54, 1.807) is 7.11 Å². The SMILES string of the molecule is COC1=NC(c2ccccc2)C=C(C(C)(C)C)C=C1. The Bertz CT molecular complexity index is 518. The maximum Gasteiger partial charge on any atom is 0.209 e. The van der Waals surface area contributed by atoms with E-state index in [4.69, 9.17) is 4.74 Å². The third kappa shape index (κ3) is 3.34. The van der Waals surface area contributed by atoms with Gasteiger partial charge < -0.3 is 4.74 Å². The molecule has 0 aliphatic carbocycles. The topological polar surface area (TPSA) is 21.6 Å². The number of ether oxygens (including phenoxy) is 1. The molecule has 1 aromatic rings. The van der Waals surface area contributed by atoms with Crippen LogP contribution >= 0.6 is 0 Å². The lowest BCUT2D eigenvalue weighted by molar-refractivity contribution is 0.403. The van der Waals surface area contributed by atoms with E-state index in [0.717, 1.165) is 0 Å². The number of hydrogen-bond acceptors (Lipinski definition) is 2. The molecule has 1 heterocycles. The monoisotopic (exact) mass is 255 g/mol. The van der Waals surface area contributed by atoms with Gasteiger partial charge in [-0.3, -0.25) is 0 Å². The van der Waals surface area contributed by atoms with Crippen LogP contribution in [0.25, 0.3) is 0 Å². The van der Waals surface area contributed by atoms with Gasteiger partial charge in [0.25, 0.3) is 0 Å². The molecule has 0 amide bonds. The summed E-state index contributed by atoms with van der Waals surface area (Å²) >= 11 is 0. The first-order valence-corrected chi connectivity index (χ1v) is 6.58. The molecule has 1 unspecified atom stereocenters. The van der Waals surface area contributed by atoms with E-state index >= 15 is 0 Å². The number of methoxy groups -OCH3 is 1. The highest BCUT2D eigenvalue weighted by Gasteiger charge is 2.20. The minimum absolute atomic E-state index is 0.0142. The zero-order valence-electron chi connectivity index (χ0n) is 12.1. The normalized spacial score (nSPS) is 19.5. The fraction of sp³-hybridized carbons (Fsp3) is 0.353. The molecule has 0 N–H and O–H groups in total. The van der Waals surface area contributed by atoms with Gasteiger partial charge in [0.05, 0.1) is 13.2 Å². The molecule has 0 spiro atoms. The number of hydrogen-bond donors (Lipinski definition) is 0. The molecular formula is C17H21NO. The van der Waals surface area contributed by atoms with Crippen LogP contribution in [0.3, 0.4) is 0 Å². The Morgan fingerprint density at radius 3 is 2.32 bits per heavy atom. The highest BCUT2D eigenvalue weighted by Crippen LogP contribution is 2.32. The lowest BCUT2D eigenvalue weighted by Gasteiger charge is -2.21. The minimum Gasteiger partial charge on any atom is -0.481 e. The lowest BCUT2D eigenvalue weighted by atomic mass is 9.84. The summed E-state index contributed by atoms with van der Waals surface area (Å²) in [4.78, 5) is 4.66. The smallest absolute Gasteiger partial charge is 0.209 e. The Balaban J connectivity index is 2.44. The molecule has 0 fully saturated rings. The van der Waals surface area contributed by atoms with Crippen molar-refractivity contribution in [3.8, 4) is 0 Å². The second-order valence-electron chi connectivity index (χ2n) is 5.73. The van der Waals surface area contributed by atoms with Crippen molar-refractivity contribution in [3.05, 3.63) is 59.7 Å². The van der Waals surface area contributed by atoms with E-state index in [1.165, 1.54) is 11.1 Å². The van der Waals surface area contributed by atoms with Crippen LogP contribution in [0.2, 0.25) is 0 Å². The first-order chi connectivity index (χ1) is 9.00. The summed E-state index contributed by atoms with van der Waals surface area (Å²) in [5.41, 5.74) is 2.56. The number of rotatable bonds is 1. The summed E-state index contributed by atoms with van der Waals surface area (Å²) in [7, 11) is 1.66. The Kier molecular flexibility index (Phi) is 3.89. The maximum atomic E-state index is 5.31. The number of nitrogens with zero attached hydrogens (tertiary/aromatic N) is 1. The zero-order chi connectivity index (χ0) is 13.9. The van der Waals surface area contributed by atoms with Crippen molar-refractivity contribution >= 4 is 5.90 Å². The average Bonchev–Trinajstić information content (AvgIpc) is 2.61. The van der Waals surface area contributed by atoms with Crippen molar-refractivity contribution in [3.63, 3.8) is 0 Å². The summed E-state index contributed by atoms with van der Waals surface area (Å²) < 4.78 is 5.31. The molecule has 2 heteroatoms. The highest BCUT2D eigenvalue weighted by molar-refractivity contribution is 5.88. The average molecular weight is 255 g/mol. The van der Waals surface area contributed by atoms with Gasteiger partial charge in [-0.15, -0.1) is 0 Å². The number of aliphatic imine (C=N–C) groups is 1. The summed E-state index contributed by atoms with van der Waals surface area (Å²) in [6.45, 7) is 6.63. The molecular weight excluding hydrogens is 234 g/mol. The second-order valence-corrected chi connectivity index (χ2v) is 5.73. The Morgan fingerprint density at radius 2 is 1.74 bits per heavy atom. The van der Waals surface area contributed by atoms with E-state index in [-0.39, 0.29) is 11.5 Å². The lowest BCUT2D eigenvalue weighted by Crippen LogP contribution is -2.08. The summed E-state index contributed by atoms with van der Waals surface area (Å²) in [6, 6.07) is 10.3. The maximum absolute atomic E-state index is 5.31. The number of benzene rings is 1. The zero-order valence-corrected chi connectivity index (χ0v) is 12.1. The Labute approximate surface area is 115 Å². The van der Waals surface area contributed by atoms with Crippen molar-refractivity contribution < 1.29 is 4.74 Å². The largest absolute Gasteiger partial charge is 0.481 e.